The van der Waals surface area contributed by atoms with Crippen molar-refractivity contribution in [2.24, 2.45) is 0 Å². The summed E-state index contributed by atoms with van der Waals surface area (Å²) in [6.45, 7) is 0. The number of nitrogens with zero attached hydrogens (tertiary/aromatic N) is 2. The molecular formula is C25H21N3OS. The molecule has 0 radical (unpaired) electrons. The van der Waals surface area contributed by atoms with E-state index in [1.54, 1.807) is 18.4 Å². The molecule has 0 saturated heterocycles. The molecule has 0 aliphatic carbocycles. The largest absolute Gasteiger partial charge is 0.497 e. The minimum Gasteiger partial charge on any atom is -0.497 e. The second-order valence-electron chi connectivity index (χ2n) is 7.17. The lowest BCUT2D eigenvalue weighted by molar-refractivity contribution is 0.414. The quantitative estimate of drug-likeness (QED) is 0.369. The summed E-state index contributed by atoms with van der Waals surface area (Å²) < 4.78 is 5.31. The summed E-state index contributed by atoms with van der Waals surface area (Å²) in [5.74, 6) is 1.86. The fourth-order valence-corrected chi connectivity index (χ4v) is 4.65. The van der Waals surface area contributed by atoms with E-state index in [1.165, 1.54) is 16.0 Å². The van der Waals surface area contributed by atoms with Crippen LogP contribution in [0.25, 0.3) is 21.5 Å². The highest BCUT2D eigenvalue weighted by Crippen LogP contribution is 2.35. The maximum absolute atomic E-state index is 5.31. The Morgan fingerprint density at radius 1 is 0.933 bits per heavy atom. The molecule has 0 spiro atoms. The molecule has 1 N–H and O–H groups in total. The highest BCUT2D eigenvalue weighted by atomic mass is 32.1. The first-order valence-corrected chi connectivity index (χ1v) is 10.7. The van der Waals surface area contributed by atoms with E-state index in [-0.39, 0.29) is 5.92 Å². The van der Waals surface area contributed by atoms with Gasteiger partial charge in [0.05, 0.1) is 28.9 Å². The normalized spacial score (nSPS) is 12.2. The molecule has 0 unspecified atom stereocenters. The Morgan fingerprint density at radius 3 is 2.47 bits per heavy atom. The SMILES string of the molecule is COc1ccc(C[C@@H](c2nc3ccccc3[nH]2)c2ncc(-c3ccccc3)s2)cc1. The van der Waals surface area contributed by atoms with E-state index in [0.29, 0.717) is 0 Å². The van der Waals surface area contributed by atoms with Crippen molar-refractivity contribution in [3.8, 4) is 16.2 Å². The highest BCUT2D eigenvalue weighted by molar-refractivity contribution is 7.15. The monoisotopic (exact) mass is 411 g/mol. The lowest BCUT2D eigenvalue weighted by Gasteiger charge is -2.12. The predicted molar refractivity (Wildman–Crippen MR) is 122 cm³/mol. The number of aromatic nitrogens is 3. The first-order valence-electron chi connectivity index (χ1n) is 9.89. The van der Waals surface area contributed by atoms with Gasteiger partial charge in [-0.25, -0.2) is 9.97 Å². The Kier molecular flexibility index (Phi) is 5.03. The van der Waals surface area contributed by atoms with Crippen LogP contribution in [0.2, 0.25) is 0 Å². The zero-order valence-corrected chi connectivity index (χ0v) is 17.4. The average Bonchev–Trinajstić information content (AvgIpc) is 3.46. The van der Waals surface area contributed by atoms with Crippen LogP contribution in [0.3, 0.4) is 0 Å². The van der Waals surface area contributed by atoms with E-state index in [2.05, 4.69) is 47.4 Å². The number of benzene rings is 3. The van der Waals surface area contributed by atoms with Crippen LogP contribution in [0.5, 0.6) is 5.75 Å². The molecule has 0 bridgehead atoms. The van der Waals surface area contributed by atoms with Gasteiger partial charge < -0.3 is 9.72 Å². The van der Waals surface area contributed by atoms with Crippen LogP contribution in [0.1, 0.15) is 22.3 Å². The molecule has 5 rings (SSSR count). The van der Waals surface area contributed by atoms with E-state index < -0.39 is 0 Å². The van der Waals surface area contributed by atoms with Crippen molar-refractivity contribution in [2.45, 2.75) is 12.3 Å². The van der Waals surface area contributed by atoms with Crippen molar-refractivity contribution in [3.05, 3.63) is 101 Å². The van der Waals surface area contributed by atoms with Gasteiger partial charge in [-0.2, -0.15) is 0 Å². The predicted octanol–water partition coefficient (Wildman–Crippen LogP) is 6.07. The molecule has 0 fully saturated rings. The average molecular weight is 412 g/mol. The number of nitrogens with one attached hydrogen (secondary N) is 1. The van der Waals surface area contributed by atoms with Crippen molar-refractivity contribution in [2.75, 3.05) is 7.11 Å². The number of methoxy groups -OCH3 is 1. The highest BCUT2D eigenvalue weighted by Gasteiger charge is 2.22. The first kappa shape index (κ1) is 18.6. The Balaban J connectivity index is 1.54. The van der Waals surface area contributed by atoms with Gasteiger partial charge in [-0.15, -0.1) is 11.3 Å². The van der Waals surface area contributed by atoms with E-state index in [0.717, 1.165) is 34.0 Å². The summed E-state index contributed by atoms with van der Waals surface area (Å²) in [6, 6.07) is 26.8. The van der Waals surface area contributed by atoms with Crippen LogP contribution in [0.4, 0.5) is 0 Å². The molecule has 30 heavy (non-hydrogen) atoms. The minimum atomic E-state index is 0.0493. The molecule has 5 aromatic rings. The van der Waals surface area contributed by atoms with E-state index in [9.17, 15) is 0 Å². The zero-order chi connectivity index (χ0) is 20.3. The summed E-state index contributed by atoms with van der Waals surface area (Å²) in [5.41, 5.74) is 4.44. The number of thiazole rings is 1. The number of ether oxygens (including phenoxy) is 1. The number of hydrogen-bond donors (Lipinski definition) is 1. The van der Waals surface area contributed by atoms with Gasteiger partial charge >= 0.3 is 0 Å². The number of aromatic amines is 1. The van der Waals surface area contributed by atoms with Gasteiger partial charge in [-0.1, -0.05) is 54.6 Å². The molecule has 1 atom stereocenters. The van der Waals surface area contributed by atoms with Crippen LogP contribution in [0, 0.1) is 0 Å². The maximum atomic E-state index is 5.31. The Morgan fingerprint density at radius 2 is 1.70 bits per heavy atom. The van der Waals surface area contributed by atoms with Crippen molar-refractivity contribution < 1.29 is 4.74 Å². The number of rotatable bonds is 6. The van der Waals surface area contributed by atoms with Gasteiger partial charge in [-0.05, 0) is 41.8 Å². The van der Waals surface area contributed by atoms with Crippen molar-refractivity contribution in [1.29, 1.82) is 0 Å². The molecule has 2 aromatic heterocycles. The second kappa shape index (κ2) is 8.13. The Labute approximate surface area is 179 Å². The van der Waals surface area contributed by atoms with Gasteiger partial charge in [0.25, 0.3) is 0 Å². The topological polar surface area (TPSA) is 50.8 Å². The number of para-hydroxylation sites is 2. The molecule has 0 aliphatic rings. The van der Waals surface area contributed by atoms with Crippen LogP contribution < -0.4 is 4.74 Å². The van der Waals surface area contributed by atoms with Crippen LogP contribution >= 0.6 is 11.3 Å². The number of imidazole rings is 1. The number of fused-ring (bicyclic) bond motifs is 1. The van der Waals surface area contributed by atoms with Crippen LogP contribution in [0.15, 0.2) is 85.1 Å². The first-order chi connectivity index (χ1) is 14.8. The summed E-state index contributed by atoms with van der Waals surface area (Å²) >= 11 is 1.73. The van der Waals surface area contributed by atoms with Gasteiger partial charge in [0.1, 0.15) is 16.6 Å². The molecule has 3 aromatic carbocycles. The standard InChI is InChI=1S/C25H21N3OS/c1-29-19-13-11-17(12-14-19)15-20(24-27-21-9-5-6-10-22(21)28-24)25-26-16-23(30-25)18-7-3-2-4-8-18/h2-14,16,20H,15H2,1H3,(H,27,28)/t20-/m0/s1. The molecule has 2 heterocycles. The molecule has 0 aliphatic heterocycles. The molecule has 0 saturated carbocycles. The van der Waals surface area contributed by atoms with Crippen molar-refractivity contribution in [3.63, 3.8) is 0 Å². The van der Waals surface area contributed by atoms with E-state index in [4.69, 9.17) is 14.7 Å². The molecule has 148 valence electrons. The van der Waals surface area contributed by atoms with E-state index in [1.807, 2.05) is 42.6 Å². The summed E-state index contributed by atoms with van der Waals surface area (Å²) in [6.07, 6.45) is 2.78. The Bertz CT molecular complexity index is 1230. The molecule has 4 nitrogen and oxygen atoms in total. The second-order valence-corrected chi connectivity index (χ2v) is 8.23. The molecular weight excluding hydrogens is 390 g/mol. The number of hydrogen-bond acceptors (Lipinski definition) is 4. The number of H-pyrrole nitrogens is 1. The lowest BCUT2D eigenvalue weighted by atomic mass is 9.99. The van der Waals surface area contributed by atoms with Gasteiger partial charge in [0, 0.05) is 6.20 Å². The van der Waals surface area contributed by atoms with Crippen LogP contribution in [-0.2, 0) is 6.42 Å². The van der Waals surface area contributed by atoms with Crippen molar-refractivity contribution in [1.82, 2.24) is 15.0 Å². The summed E-state index contributed by atoms with van der Waals surface area (Å²) in [4.78, 5) is 14.4. The van der Waals surface area contributed by atoms with Crippen LogP contribution in [-0.4, -0.2) is 22.1 Å². The van der Waals surface area contributed by atoms with Gasteiger partial charge in [-0.3, -0.25) is 0 Å². The third kappa shape index (κ3) is 3.72. The summed E-state index contributed by atoms with van der Waals surface area (Å²) in [7, 11) is 1.69. The Hall–Kier alpha value is -3.44. The van der Waals surface area contributed by atoms with Gasteiger partial charge in [0.15, 0.2) is 0 Å². The third-order valence-corrected chi connectivity index (χ3v) is 6.38. The third-order valence-electron chi connectivity index (χ3n) is 5.22. The minimum absolute atomic E-state index is 0.0493. The zero-order valence-electron chi connectivity index (χ0n) is 16.6. The molecule has 5 heteroatoms. The summed E-state index contributed by atoms with van der Waals surface area (Å²) in [5, 5.41) is 1.06. The van der Waals surface area contributed by atoms with E-state index >= 15 is 0 Å². The fourth-order valence-electron chi connectivity index (χ4n) is 3.62. The van der Waals surface area contributed by atoms with Gasteiger partial charge in [0.2, 0.25) is 0 Å². The van der Waals surface area contributed by atoms with Crippen molar-refractivity contribution >= 4 is 22.4 Å². The fraction of sp³-hybridized carbons (Fsp3) is 0.120. The lowest BCUT2D eigenvalue weighted by Crippen LogP contribution is -2.07. The smallest absolute Gasteiger partial charge is 0.118 e. The molecule has 0 amide bonds. The maximum Gasteiger partial charge on any atom is 0.118 e.